The van der Waals surface area contributed by atoms with Crippen LogP contribution in [0.25, 0.3) is 0 Å². The summed E-state index contributed by atoms with van der Waals surface area (Å²) < 4.78 is 1.94. The summed E-state index contributed by atoms with van der Waals surface area (Å²) in [5, 5.41) is 13.1. The van der Waals surface area contributed by atoms with E-state index in [1.807, 2.05) is 34.0 Å². The topological polar surface area (TPSA) is 63.1 Å². The molecule has 1 fully saturated rings. The van der Waals surface area contributed by atoms with Crippen molar-refractivity contribution in [2.24, 2.45) is 7.05 Å². The summed E-state index contributed by atoms with van der Waals surface area (Å²) in [4.78, 5) is 15.3. The Morgan fingerprint density at radius 2 is 2.48 bits per heavy atom. The van der Waals surface area contributed by atoms with Gasteiger partial charge in [0.15, 0.2) is 0 Å². The zero-order chi connectivity index (χ0) is 14.7. The van der Waals surface area contributed by atoms with Crippen LogP contribution in [-0.4, -0.2) is 38.8 Å². The molecule has 112 valence electrons. The number of nitrogens with zero attached hydrogens (tertiary/aromatic N) is 4. The van der Waals surface area contributed by atoms with Gasteiger partial charge in [0.05, 0.1) is 6.54 Å². The Labute approximate surface area is 127 Å². The number of thiophene rings is 1. The van der Waals surface area contributed by atoms with E-state index in [0.717, 1.165) is 25.2 Å². The van der Waals surface area contributed by atoms with Gasteiger partial charge in [0, 0.05) is 30.9 Å². The van der Waals surface area contributed by atoms with E-state index in [-0.39, 0.29) is 11.9 Å². The number of aromatic nitrogens is 3. The van der Waals surface area contributed by atoms with Crippen LogP contribution in [0.5, 0.6) is 0 Å². The van der Waals surface area contributed by atoms with Crippen LogP contribution in [-0.2, 0) is 13.6 Å². The average Bonchev–Trinajstić information content (AvgIpc) is 3.16. The molecule has 0 unspecified atom stereocenters. The fourth-order valence-electron chi connectivity index (χ4n) is 2.72. The lowest BCUT2D eigenvalue weighted by molar-refractivity contribution is 0.177. The summed E-state index contributed by atoms with van der Waals surface area (Å²) in [6.45, 7) is 2.12. The second kappa shape index (κ2) is 6.26. The van der Waals surface area contributed by atoms with E-state index in [2.05, 4.69) is 15.5 Å². The molecule has 7 heteroatoms. The van der Waals surface area contributed by atoms with Gasteiger partial charge in [0.25, 0.3) is 0 Å². The van der Waals surface area contributed by atoms with Gasteiger partial charge < -0.3 is 14.8 Å². The van der Waals surface area contributed by atoms with Crippen molar-refractivity contribution in [1.82, 2.24) is 25.0 Å². The molecular formula is C14H19N5OS. The summed E-state index contributed by atoms with van der Waals surface area (Å²) in [6, 6.07) is 4.04. The molecule has 0 aromatic carbocycles. The molecule has 1 saturated heterocycles. The Morgan fingerprint density at radius 1 is 1.57 bits per heavy atom. The SMILES string of the molecule is Cn1cnnc1[C@H]1CCCN(C(=O)NCc2cccs2)C1. The molecule has 6 nitrogen and oxygen atoms in total. The summed E-state index contributed by atoms with van der Waals surface area (Å²) in [7, 11) is 1.95. The number of piperidine rings is 1. The number of hydrogen-bond acceptors (Lipinski definition) is 4. The van der Waals surface area contributed by atoms with Crippen LogP contribution in [0.4, 0.5) is 4.79 Å². The largest absolute Gasteiger partial charge is 0.333 e. The van der Waals surface area contributed by atoms with E-state index in [4.69, 9.17) is 0 Å². The van der Waals surface area contributed by atoms with Gasteiger partial charge in [0.1, 0.15) is 12.2 Å². The Hall–Kier alpha value is -1.89. The highest BCUT2D eigenvalue weighted by atomic mass is 32.1. The van der Waals surface area contributed by atoms with Crippen LogP contribution in [0.3, 0.4) is 0 Å². The van der Waals surface area contributed by atoms with E-state index in [9.17, 15) is 4.79 Å². The second-order valence-corrected chi connectivity index (χ2v) is 6.36. The fourth-order valence-corrected chi connectivity index (χ4v) is 3.37. The number of urea groups is 1. The van der Waals surface area contributed by atoms with E-state index in [1.54, 1.807) is 17.7 Å². The molecule has 1 aliphatic rings. The number of likely N-dealkylation sites (tertiary alicyclic amines) is 1. The van der Waals surface area contributed by atoms with Crippen molar-refractivity contribution in [2.45, 2.75) is 25.3 Å². The molecule has 1 atom stereocenters. The second-order valence-electron chi connectivity index (χ2n) is 5.32. The third kappa shape index (κ3) is 3.24. The Balaban J connectivity index is 1.58. The van der Waals surface area contributed by atoms with Gasteiger partial charge in [-0.3, -0.25) is 0 Å². The highest BCUT2D eigenvalue weighted by Gasteiger charge is 2.27. The van der Waals surface area contributed by atoms with Crippen LogP contribution < -0.4 is 5.32 Å². The highest BCUT2D eigenvalue weighted by Crippen LogP contribution is 2.25. The highest BCUT2D eigenvalue weighted by molar-refractivity contribution is 7.09. The van der Waals surface area contributed by atoms with Crippen molar-refractivity contribution >= 4 is 17.4 Å². The number of carbonyl (C=O) groups excluding carboxylic acids is 1. The van der Waals surface area contributed by atoms with Gasteiger partial charge in [-0.25, -0.2) is 4.79 Å². The third-order valence-corrected chi connectivity index (χ3v) is 4.69. The van der Waals surface area contributed by atoms with Gasteiger partial charge in [-0.05, 0) is 24.3 Å². The number of nitrogens with one attached hydrogen (secondary N) is 1. The first kappa shape index (κ1) is 14.1. The van der Waals surface area contributed by atoms with Crippen molar-refractivity contribution in [3.05, 3.63) is 34.5 Å². The molecule has 0 radical (unpaired) electrons. The normalized spacial score (nSPS) is 18.7. The number of aryl methyl sites for hydroxylation is 1. The summed E-state index contributed by atoms with van der Waals surface area (Å²) >= 11 is 1.66. The minimum atomic E-state index is 0.00951. The van der Waals surface area contributed by atoms with E-state index in [1.165, 1.54) is 4.88 Å². The lowest BCUT2D eigenvalue weighted by atomic mass is 9.97. The number of hydrogen-bond donors (Lipinski definition) is 1. The lowest BCUT2D eigenvalue weighted by Crippen LogP contribution is -2.45. The van der Waals surface area contributed by atoms with Crippen molar-refractivity contribution < 1.29 is 4.79 Å². The summed E-state index contributed by atoms with van der Waals surface area (Å²) in [6.07, 6.45) is 3.77. The van der Waals surface area contributed by atoms with Crippen LogP contribution in [0, 0.1) is 0 Å². The zero-order valence-electron chi connectivity index (χ0n) is 12.0. The first-order valence-corrected chi connectivity index (χ1v) is 8.01. The minimum Gasteiger partial charge on any atom is -0.333 e. The smallest absolute Gasteiger partial charge is 0.317 e. The fraction of sp³-hybridized carbons (Fsp3) is 0.500. The Kier molecular flexibility index (Phi) is 4.19. The number of amides is 2. The van der Waals surface area contributed by atoms with Gasteiger partial charge in [-0.1, -0.05) is 6.07 Å². The van der Waals surface area contributed by atoms with Crippen molar-refractivity contribution in [3.8, 4) is 0 Å². The van der Waals surface area contributed by atoms with Crippen LogP contribution in [0.15, 0.2) is 23.8 Å². The molecule has 0 bridgehead atoms. The molecule has 0 spiro atoms. The quantitative estimate of drug-likeness (QED) is 0.943. The summed E-state index contributed by atoms with van der Waals surface area (Å²) in [5.74, 6) is 1.24. The van der Waals surface area contributed by atoms with Crippen molar-refractivity contribution in [3.63, 3.8) is 0 Å². The molecule has 2 aromatic heterocycles. The molecule has 2 amide bonds. The van der Waals surface area contributed by atoms with E-state index in [0.29, 0.717) is 13.1 Å². The van der Waals surface area contributed by atoms with Crippen LogP contribution in [0.2, 0.25) is 0 Å². The number of rotatable bonds is 3. The van der Waals surface area contributed by atoms with Crippen LogP contribution in [0.1, 0.15) is 29.5 Å². The van der Waals surface area contributed by atoms with Gasteiger partial charge in [-0.2, -0.15) is 0 Å². The Morgan fingerprint density at radius 3 is 3.19 bits per heavy atom. The number of carbonyl (C=O) groups is 1. The monoisotopic (exact) mass is 305 g/mol. The lowest BCUT2D eigenvalue weighted by Gasteiger charge is -2.32. The maximum Gasteiger partial charge on any atom is 0.317 e. The van der Waals surface area contributed by atoms with Gasteiger partial charge >= 0.3 is 6.03 Å². The van der Waals surface area contributed by atoms with Gasteiger partial charge in [0.2, 0.25) is 0 Å². The molecule has 21 heavy (non-hydrogen) atoms. The molecule has 0 aliphatic carbocycles. The van der Waals surface area contributed by atoms with Gasteiger partial charge in [-0.15, -0.1) is 21.5 Å². The molecule has 3 rings (SSSR count). The predicted molar refractivity (Wildman–Crippen MR) is 81.1 cm³/mol. The third-order valence-electron chi connectivity index (χ3n) is 3.81. The molecule has 2 aromatic rings. The standard InChI is InChI=1S/C14H19N5OS/c1-18-10-16-17-13(18)11-4-2-6-19(9-11)14(20)15-8-12-5-3-7-21-12/h3,5,7,10-11H,2,4,6,8-9H2,1H3,(H,15,20)/t11-/m0/s1. The first-order chi connectivity index (χ1) is 10.2. The Bertz CT molecular complexity index is 594. The first-order valence-electron chi connectivity index (χ1n) is 7.13. The molecule has 1 aliphatic heterocycles. The van der Waals surface area contributed by atoms with Crippen molar-refractivity contribution in [1.29, 1.82) is 0 Å². The maximum absolute atomic E-state index is 12.3. The minimum absolute atomic E-state index is 0.00951. The maximum atomic E-state index is 12.3. The van der Waals surface area contributed by atoms with Crippen molar-refractivity contribution in [2.75, 3.05) is 13.1 Å². The van der Waals surface area contributed by atoms with E-state index < -0.39 is 0 Å². The van der Waals surface area contributed by atoms with E-state index >= 15 is 0 Å². The van der Waals surface area contributed by atoms with Crippen LogP contribution >= 0.6 is 11.3 Å². The molecule has 1 N–H and O–H groups in total. The molecular weight excluding hydrogens is 286 g/mol. The summed E-state index contributed by atoms with van der Waals surface area (Å²) in [5.41, 5.74) is 0. The molecule has 3 heterocycles. The zero-order valence-corrected chi connectivity index (χ0v) is 12.8. The predicted octanol–water partition coefficient (Wildman–Crippen LogP) is 1.97. The molecule has 0 saturated carbocycles. The average molecular weight is 305 g/mol.